The van der Waals surface area contributed by atoms with Crippen LogP contribution in [0.25, 0.3) is 11.0 Å². The number of rotatable bonds is 7. The van der Waals surface area contributed by atoms with Crippen molar-refractivity contribution in [2.24, 2.45) is 0 Å². The molecule has 158 valence electrons. The Morgan fingerprint density at radius 3 is 2.61 bits per heavy atom. The Hall–Kier alpha value is -3.55. The van der Waals surface area contributed by atoms with Gasteiger partial charge in [-0.1, -0.05) is 24.3 Å². The van der Waals surface area contributed by atoms with E-state index in [1.807, 2.05) is 35.0 Å². The van der Waals surface area contributed by atoms with Crippen LogP contribution in [0.4, 0.5) is 0 Å². The van der Waals surface area contributed by atoms with E-state index in [2.05, 4.69) is 34.3 Å². The van der Waals surface area contributed by atoms with Gasteiger partial charge in [0.15, 0.2) is 5.65 Å². The molecule has 31 heavy (non-hydrogen) atoms. The quantitative estimate of drug-likeness (QED) is 0.499. The number of nitrogens with one attached hydrogen (secondary N) is 1. The molecule has 0 bridgehead atoms. The predicted molar refractivity (Wildman–Crippen MR) is 117 cm³/mol. The summed E-state index contributed by atoms with van der Waals surface area (Å²) in [5, 5.41) is 12.5. The van der Waals surface area contributed by atoms with Crippen molar-refractivity contribution in [3.05, 3.63) is 71.6 Å². The van der Waals surface area contributed by atoms with Gasteiger partial charge in [-0.3, -0.25) is 4.79 Å². The van der Waals surface area contributed by atoms with Crippen LogP contribution in [-0.4, -0.2) is 35.4 Å². The van der Waals surface area contributed by atoms with E-state index in [1.54, 1.807) is 17.2 Å². The molecule has 1 aliphatic rings. The molecule has 0 spiro atoms. The molecule has 0 radical (unpaired) electrons. The van der Waals surface area contributed by atoms with Crippen LogP contribution in [0.1, 0.15) is 65.8 Å². The van der Waals surface area contributed by atoms with Crippen LogP contribution in [0.3, 0.4) is 0 Å². The minimum atomic E-state index is -0.0932. The molecule has 4 aromatic rings. The first-order valence-electron chi connectivity index (χ1n) is 10.6. The van der Waals surface area contributed by atoms with Crippen molar-refractivity contribution in [3.63, 3.8) is 0 Å². The molecule has 3 aromatic heterocycles. The summed E-state index contributed by atoms with van der Waals surface area (Å²) in [5.74, 6) is 0.369. The SMILES string of the molecule is CC(C)n1ncc2c(C(=O)NCc3ccc(Cn4cncn4)cc3)cc(C3CC3)nc21. The normalized spacial score (nSPS) is 13.8. The third-order valence-electron chi connectivity index (χ3n) is 5.60. The first-order chi connectivity index (χ1) is 15.1. The van der Waals surface area contributed by atoms with Crippen molar-refractivity contribution < 1.29 is 4.79 Å². The van der Waals surface area contributed by atoms with Gasteiger partial charge in [-0.05, 0) is 43.9 Å². The Labute approximate surface area is 180 Å². The van der Waals surface area contributed by atoms with Gasteiger partial charge in [-0.25, -0.2) is 19.3 Å². The smallest absolute Gasteiger partial charge is 0.252 e. The monoisotopic (exact) mass is 415 g/mol. The van der Waals surface area contributed by atoms with E-state index in [0.29, 0.717) is 24.6 Å². The second-order valence-corrected chi connectivity index (χ2v) is 8.38. The van der Waals surface area contributed by atoms with Crippen molar-refractivity contribution >= 4 is 16.9 Å². The summed E-state index contributed by atoms with van der Waals surface area (Å²) in [6, 6.07) is 10.3. The zero-order valence-electron chi connectivity index (χ0n) is 17.7. The summed E-state index contributed by atoms with van der Waals surface area (Å²) >= 11 is 0. The van der Waals surface area contributed by atoms with Gasteiger partial charge in [-0.2, -0.15) is 10.2 Å². The fraction of sp³-hybridized carbons (Fsp3) is 0.348. The maximum atomic E-state index is 13.1. The number of hydrogen-bond acceptors (Lipinski definition) is 5. The van der Waals surface area contributed by atoms with Crippen molar-refractivity contribution in [1.82, 2.24) is 34.8 Å². The van der Waals surface area contributed by atoms with Crippen LogP contribution < -0.4 is 5.32 Å². The standard InChI is InChI=1S/C23H25N7O/c1-15(2)30-22-20(11-26-30)19(9-21(28-22)18-7-8-18)23(31)25-10-16-3-5-17(6-4-16)12-29-14-24-13-27-29/h3-6,9,11,13-15,18H,7-8,10,12H2,1-2H3,(H,25,31). The minimum absolute atomic E-state index is 0.0932. The van der Waals surface area contributed by atoms with E-state index in [1.165, 1.54) is 6.33 Å². The van der Waals surface area contributed by atoms with E-state index in [0.717, 1.165) is 40.7 Å². The summed E-state index contributed by atoms with van der Waals surface area (Å²) in [5.41, 5.74) is 4.62. The maximum Gasteiger partial charge on any atom is 0.252 e. The lowest BCUT2D eigenvalue weighted by Gasteiger charge is -2.11. The Balaban J connectivity index is 1.33. The Bertz CT molecular complexity index is 1200. The summed E-state index contributed by atoms with van der Waals surface area (Å²) in [6.45, 7) is 5.28. The topological polar surface area (TPSA) is 90.5 Å². The molecule has 0 atom stereocenters. The maximum absolute atomic E-state index is 13.1. The third-order valence-corrected chi connectivity index (χ3v) is 5.60. The zero-order chi connectivity index (χ0) is 21.4. The molecule has 1 aromatic carbocycles. The second kappa shape index (κ2) is 7.94. The van der Waals surface area contributed by atoms with Crippen molar-refractivity contribution in [1.29, 1.82) is 0 Å². The Morgan fingerprint density at radius 1 is 1.16 bits per heavy atom. The molecule has 0 saturated heterocycles. The highest BCUT2D eigenvalue weighted by Crippen LogP contribution is 2.40. The van der Waals surface area contributed by atoms with Crippen molar-refractivity contribution in [3.8, 4) is 0 Å². The highest BCUT2D eigenvalue weighted by molar-refractivity contribution is 6.05. The van der Waals surface area contributed by atoms with Gasteiger partial charge in [0, 0.05) is 24.2 Å². The predicted octanol–water partition coefficient (Wildman–Crippen LogP) is 3.46. The molecule has 0 unspecified atom stereocenters. The minimum Gasteiger partial charge on any atom is -0.348 e. The van der Waals surface area contributed by atoms with E-state index >= 15 is 0 Å². The lowest BCUT2D eigenvalue weighted by Crippen LogP contribution is -2.23. The number of pyridine rings is 1. The van der Waals surface area contributed by atoms with Gasteiger partial charge in [0.05, 0.1) is 23.7 Å². The molecule has 1 fully saturated rings. The molecule has 5 rings (SSSR count). The van der Waals surface area contributed by atoms with Gasteiger partial charge in [0.25, 0.3) is 5.91 Å². The molecule has 3 heterocycles. The summed E-state index contributed by atoms with van der Waals surface area (Å²) < 4.78 is 3.67. The van der Waals surface area contributed by atoms with E-state index in [9.17, 15) is 4.79 Å². The molecular weight excluding hydrogens is 390 g/mol. The number of amides is 1. The van der Waals surface area contributed by atoms with Gasteiger partial charge in [0.1, 0.15) is 12.7 Å². The van der Waals surface area contributed by atoms with Crippen LogP contribution in [0, 0.1) is 0 Å². The number of aromatic nitrogens is 6. The third kappa shape index (κ3) is 4.05. The first kappa shape index (κ1) is 19.4. The number of benzene rings is 1. The summed E-state index contributed by atoms with van der Waals surface area (Å²) in [4.78, 5) is 21.9. The second-order valence-electron chi connectivity index (χ2n) is 8.38. The molecule has 1 aliphatic carbocycles. The summed E-state index contributed by atoms with van der Waals surface area (Å²) in [7, 11) is 0. The van der Waals surface area contributed by atoms with Gasteiger partial charge >= 0.3 is 0 Å². The lowest BCUT2D eigenvalue weighted by molar-refractivity contribution is 0.0952. The average Bonchev–Trinajstić information content (AvgIpc) is 3.32. The number of nitrogens with zero attached hydrogens (tertiary/aromatic N) is 6. The Kier molecular flexibility index (Phi) is 4.97. The van der Waals surface area contributed by atoms with Crippen LogP contribution in [0.5, 0.6) is 0 Å². The molecule has 0 aliphatic heterocycles. The van der Waals surface area contributed by atoms with Crippen molar-refractivity contribution in [2.75, 3.05) is 0 Å². The summed E-state index contributed by atoms with van der Waals surface area (Å²) in [6.07, 6.45) is 7.25. The fourth-order valence-electron chi connectivity index (χ4n) is 3.73. The van der Waals surface area contributed by atoms with Crippen LogP contribution in [0.15, 0.2) is 49.2 Å². The number of carbonyl (C=O) groups excluding carboxylic acids is 1. The van der Waals surface area contributed by atoms with Gasteiger partial charge < -0.3 is 5.32 Å². The molecular formula is C23H25N7O. The zero-order valence-corrected chi connectivity index (χ0v) is 17.7. The molecule has 1 amide bonds. The highest BCUT2D eigenvalue weighted by atomic mass is 16.1. The van der Waals surface area contributed by atoms with E-state index in [4.69, 9.17) is 4.98 Å². The largest absolute Gasteiger partial charge is 0.348 e. The molecule has 8 heteroatoms. The molecule has 1 saturated carbocycles. The number of carbonyl (C=O) groups is 1. The fourth-order valence-corrected chi connectivity index (χ4v) is 3.73. The number of fused-ring (bicyclic) bond motifs is 1. The molecule has 1 N–H and O–H groups in total. The first-order valence-corrected chi connectivity index (χ1v) is 10.6. The van der Waals surface area contributed by atoms with E-state index < -0.39 is 0 Å². The Morgan fingerprint density at radius 2 is 1.94 bits per heavy atom. The van der Waals surface area contributed by atoms with Crippen molar-refractivity contribution in [2.45, 2.75) is 51.7 Å². The van der Waals surface area contributed by atoms with Gasteiger partial charge in [0.2, 0.25) is 0 Å². The number of hydrogen-bond donors (Lipinski definition) is 1. The average molecular weight is 416 g/mol. The highest BCUT2D eigenvalue weighted by Gasteiger charge is 2.28. The lowest BCUT2D eigenvalue weighted by atomic mass is 10.1. The van der Waals surface area contributed by atoms with Crippen LogP contribution in [-0.2, 0) is 13.1 Å². The van der Waals surface area contributed by atoms with Gasteiger partial charge in [-0.15, -0.1) is 0 Å². The van der Waals surface area contributed by atoms with Crippen LogP contribution >= 0.6 is 0 Å². The van der Waals surface area contributed by atoms with Crippen LogP contribution in [0.2, 0.25) is 0 Å². The van der Waals surface area contributed by atoms with E-state index in [-0.39, 0.29) is 11.9 Å². The molecule has 8 nitrogen and oxygen atoms in total.